The van der Waals surface area contributed by atoms with E-state index in [1.54, 1.807) is 19.2 Å². The zero-order valence-electron chi connectivity index (χ0n) is 12.0. The molecular formula is C16H13KO4. The third-order valence-corrected chi connectivity index (χ3v) is 3.95. The van der Waals surface area contributed by atoms with Gasteiger partial charge in [-0.05, 0) is 12.1 Å². The number of ether oxygens (including phenoxy) is 3. The minimum Gasteiger partial charge on any atom is -0.872 e. The van der Waals surface area contributed by atoms with Crippen molar-refractivity contribution in [2.75, 3.05) is 13.7 Å². The molecule has 2 aliphatic heterocycles. The number of fused-ring (bicyclic) bond motifs is 5. The summed E-state index contributed by atoms with van der Waals surface area (Å²) in [5, 5.41) is 11.4. The molecule has 2 heterocycles. The van der Waals surface area contributed by atoms with Gasteiger partial charge in [0, 0.05) is 17.2 Å². The fraction of sp³-hybridized carbons (Fsp3) is 0.250. The van der Waals surface area contributed by atoms with Crippen LogP contribution in [0.4, 0.5) is 0 Å². The Morgan fingerprint density at radius 2 is 1.90 bits per heavy atom. The average Bonchev–Trinajstić information content (AvgIpc) is 2.84. The van der Waals surface area contributed by atoms with E-state index < -0.39 is 0 Å². The van der Waals surface area contributed by atoms with Crippen molar-refractivity contribution in [3.05, 3.63) is 47.5 Å². The van der Waals surface area contributed by atoms with Gasteiger partial charge in [-0.15, -0.1) is 5.75 Å². The zero-order chi connectivity index (χ0) is 13.7. The molecule has 0 radical (unpaired) electrons. The normalized spacial score (nSPS) is 21.0. The predicted molar refractivity (Wildman–Crippen MR) is 70.5 cm³/mol. The van der Waals surface area contributed by atoms with Gasteiger partial charge in [0.1, 0.15) is 23.4 Å². The van der Waals surface area contributed by atoms with Crippen molar-refractivity contribution >= 4 is 0 Å². The molecule has 2 aromatic carbocycles. The minimum absolute atomic E-state index is 0. The van der Waals surface area contributed by atoms with Crippen LogP contribution in [0.15, 0.2) is 36.4 Å². The number of benzene rings is 2. The number of rotatable bonds is 1. The molecule has 4 nitrogen and oxygen atoms in total. The van der Waals surface area contributed by atoms with Gasteiger partial charge in [0.25, 0.3) is 0 Å². The van der Waals surface area contributed by atoms with E-state index in [1.807, 2.05) is 18.2 Å². The summed E-state index contributed by atoms with van der Waals surface area (Å²) >= 11 is 0. The van der Waals surface area contributed by atoms with Crippen LogP contribution in [0.1, 0.15) is 23.1 Å². The molecule has 0 saturated heterocycles. The number of hydrogen-bond donors (Lipinski definition) is 0. The first-order valence-electron chi connectivity index (χ1n) is 6.54. The molecule has 2 aliphatic rings. The second-order valence-corrected chi connectivity index (χ2v) is 5.06. The molecule has 0 fully saturated rings. The van der Waals surface area contributed by atoms with Crippen LogP contribution in [0, 0.1) is 0 Å². The van der Waals surface area contributed by atoms with E-state index >= 15 is 0 Å². The molecule has 0 aromatic heterocycles. The molecule has 0 bridgehead atoms. The van der Waals surface area contributed by atoms with Gasteiger partial charge in [-0.3, -0.25) is 0 Å². The minimum atomic E-state index is -0.0820. The summed E-state index contributed by atoms with van der Waals surface area (Å²) in [5.74, 6) is 2.37. The fourth-order valence-electron chi connectivity index (χ4n) is 2.94. The number of hydrogen-bond acceptors (Lipinski definition) is 4. The first-order chi connectivity index (χ1) is 9.76. The molecule has 0 saturated carbocycles. The van der Waals surface area contributed by atoms with Crippen molar-refractivity contribution in [3.63, 3.8) is 0 Å². The molecule has 4 rings (SSSR count). The fourth-order valence-corrected chi connectivity index (χ4v) is 2.94. The third kappa shape index (κ3) is 2.47. The SMILES string of the molecule is COc1ccc2c(c1)OC1c3ccc([O-])cc3OCC21.[K+]. The molecule has 0 spiro atoms. The topological polar surface area (TPSA) is 50.8 Å². The Bertz CT molecular complexity index is 686. The Kier molecular flexibility index (Phi) is 4.20. The van der Waals surface area contributed by atoms with Gasteiger partial charge in [0.05, 0.1) is 19.6 Å². The molecule has 102 valence electrons. The first kappa shape index (κ1) is 15.2. The van der Waals surface area contributed by atoms with Gasteiger partial charge in [-0.2, -0.15) is 0 Å². The quantitative estimate of drug-likeness (QED) is 0.659. The molecule has 2 aromatic rings. The van der Waals surface area contributed by atoms with Gasteiger partial charge in [0.2, 0.25) is 0 Å². The van der Waals surface area contributed by atoms with Gasteiger partial charge in [0.15, 0.2) is 0 Å². The smallest absolute Gasteiger partial charge is 0.872 e. The van der Waals surface area contributed by atoms with Crippen LogP contribution < -0.4 is 70.7 Å². The van der Waals surface area contributed by atoms with Crippen LogP contribution in [0.25, 0.3) is 0 Å². The maximum Gasteiger partial charge on any atom is 1.00 e. The second kappa shape index (κ2) is 5.81. The Morgan fingerprint density at radius 1 is 1.10 bits per heavy atom. The van der Waals surface area contributed by atoms with Crippen molar-refractivity contribution in [1.82, 2.24) is 0 Å². The van der Waals surface area contributed by atoms with E-state index in [0.717, 1.165) is 22.6 Å². The molecule has 0 aliphatic carbocycles. The van der Waals surface area contributed by atoms with Crippen LogP contribution in [0.2, 0.25) is 0 Å². The van der Waals surface area contributed by atoms with E-state index in [9.17, 15) is 5.11 Å². The van der Waals surface area contributed by atoms with Crippen molar-refractivity contribution in [1.29, 1.82) is 0 Å². The Hall–Kier alpha value is -0.724. The molecular weight excluding hydrogens is 295 g/mol. The van der Waals surface area contributed by atoms with Crippen molar-refractivity contribution in [2.45, 2.75) is 12.0 Å². The summed E-state index contributed by atoms with van der Waals surface area (Å²) in [6, 6.07) is 10.7. The maximum absolute atomic E-state index is 11.4. The zero-order valence-corrected chi connectivity index (χ0v) is 15.1. The standard InChI is InChI=1S/C16H14O4.K/c1-18-10-3-5-11-13-8-19-14-6-9(17)2-4-12(14)16(13)20-15(11)7-10;/h2-7,13,16-17H,8H2,1H3;/q;+1/p-1. The summed E-state index contributed by atoms with van der Waals surface area (Å²) in [4.78, 5) is 0. The van der Waals surface area contributed by atoms with Crippen LogP contribution in [0.5, 0.6) is 23.0 Å². The van der Waals surface area contributed by atoms with Crippen molar-refractivity contribution in [3.8, 4) is 23.0 Å². The first-order valence-corrected chi connectivity index (χ1v) is 6.54. The second-order valence-electron chi connectivity index (χ2n) is 5.06. The summed E-state index contributed by atoms with van der Waals surface area (Å²) in [6.45, 7) is 0.528. The van der Waals surface area contributed by atoms with Gasteiger partial charge in [-0.25, -0.2) is 0 Å². The summed E-state index contributed by atoms with van der Waals surface area (Å²) < 4.78 is 17.0. The molecule has 2 unspecified atom stereocenters. The third-order valence-electron chi connectivity index (χ3n) is 3.95. The van der Waals surface area contributed by atoms with Gasteiger partial charge < -0.3 is 19.3 Å². The molecule has 5 heteroatoms. The Balaban J connectivity index is 0.00000132. The van der Waals surface area contributed by atoms with E-state index in [-0.39, 0.29) is 69.2 Å². The van der Waals surface area contributed by atoms with E-state index in [0.29, 0.717) is 12.4 Å². The van der Waals surface area contributed by atoms with E-state index in [1.165, 1.54) is 6.07 Å². The largest absolute Gasteiger partial charge is 1.00 e. The van der Waals surface area contributed by atoms with Gasteiger partial charge >= 0.3 is 51.4 Å². The van der Waals surface area contributed by atoms with E-state index in [2.05, 4.69) is 0 Å². The summed E-state index contributed by atoms with van der Waals surface area (Å²) in [7, 11) is 1.64. The molecule has 21 heavy (non-hydrogen) atoms. The molecule has 0 amide bonds. The average molecular weight is 308 g/mol. The number of methoxy groups -OCH3 is 1. The van der Waals surface area contributed by atoms with Crippen molar-refractivity contribution in [2.24, 2.45) is 0 Å². The van der Waals surface area contributed by atoms with E-state index in [4.69, 9.17) is 14.2 Å². The summed E-state index contributed by atoms with van der Waals surface area (Å²) in [6.07, 6.45) is -0.0820. The van der Waals surface area contributed by atoms with Crippen molar-refractivity contribution < 1.29 is 70.7 Å². The summed E-state index contributed by atoms with van der Waals surface area (Å²) in [5.41, 5.74) is 2.07. The van der Waals surface area contributed by atoms with Crippen LogP contribution in [-0.4, -0.2) is 13.7 Å². The predicted octanol–water partition coefficient (Wildman–Crippen LogP) is -0.618. The monoisotopic (exact) mass is 308 g/mol. The Morgan fingerprint density at radius 3 is 2.71 bits per heavy atom. The maximum atomic E-state index is 11.4. The molecule has 0 N–H and O–H groups in total. The van der Waals surface area contributed by atoms with Crippen LogP contribution in [0.3, 0.4) is 0 Å². The van der Waals surface area contributed by atoms with Gasteiger partial charge in [-0.1, -0.05) is 18.2 Å². The molecule has 2 atom stereocenters. The van der Waals surface area contributed by atoms with Crippen LogP contribution >= 0.6 is 0 Å². The van der Waals surface area contributed by atoms with Crippen LogP contribution in [-0.2, 0) is 0 Å². The Labute approximate surface area is 165 Å².